The zero-order valence-electron chi connectivity index (χ0n) is 14.0. The zero-order valence-corrected chi connectivity index (χ0v) is 14.8. The van der Waals surface area contributed by atoms with E-state index in [1.54, 1.807) is 11.8 Å². The minimum Gasteiger partial charge on any atom is -0.357 e. The topological polar surface area (TPSA) is 53.9 Å². The Morgan fingerprint density at radius 3 is 2.70 bits per heavy atom. The summed E-state index contributed by atoms with van der Waals surface area (Å²) in [5.74, 6) is 1.77. The number of hydrogen-bond acceptors (Lipinski definition) is 6. The number of pyridine rings is 1. The maximum Gasteiger partial charge on any atom is 0.223 e. The lowest BCUT2D eigenvalue weighted by molar-refractivity contribution is 0.918. The second-order valence-corrected chi connectivity index (χ2v) is 6.70. The molecule has 0 saturated carbocycles. The van der Waals surface area contributed by atoms with Crippen LogP contribution in [0.25, 0.3) is 0 Å². The minimum absolute atomic E-state index is 0.678. The zero-order chi connectivity index (χ0) is 16.2. The molecule has 0 bridgehead atoms. The molecule has 0 atom stereocenters. The van der Waals surface area contributed by atoms with E-state index in [-0.39, 0.29) is 0 Å². The van der Waals surface area contributed by atoms with Gasteiger partial charge in [-0.25, -0.2) is 15.0 Å². The van der Waals surface area contributed by atoms with Gasteiger partial charge in [0.1, 0.15) is 10.8 Å². The van der Waals surface area contributed by atoms with E-state index in [9.17, 15) is 0 Å². The molecule has 5 nitrogen and oxygen atoms in total. The van der Waals surface area contributed by atoms with Crippen LogP contribution in [0.4, 0.5) is 11.8 Å². The molecule has 0 unspecified atom stereocenters. The molecular formula is C17H23N5S. The number of anilines is 2. The van der Waals surface area contributed by atoms with Crippen LogP contribution in [0.1, 0.15) is 29.7 Å². The normalized spacial score (nSPS) is 14.3. The molecule has 122 valence electrons. The summed E-state index contributed by atoms with van der Waals surface area (Å²) in [5, 5.41) is 4.35. The molecule has 1 N–H and O–H groups in total. The Morgan fingerprint density at radius 1 is 1.17 bits per heavy atom. The Morgan fingerprint density at radius 2 is 1.96 bits per heavy atom. The van der Waals surface area contributed by atoms with Crippen molar-refractivity contribution in [3.63, 3.8) is 0 Å². The lowest BCUT2D eigenvalue weighted by Crippen LogP contribution is -2.19. The first-order valence-electron chi connectivity index (χ1n) is 8.00. The van der Waals surface area contributed by atoms with Crippen molar-refractivity contribution in [3.8, 4) is 0 Å². The van der Waals surface area contributed by atoms with Crippen LogP contribution in [0.2, 0.25) is 0 Å². The van der Waals surface area contributed by atoms with Crippen molar-refractivity contribution in [1.82, 2.24) is 15.0 Å². The third kappa shape index (κ3) is 3.93. The van der Waals surface area contributed by atoms with Gasteiger partial charge in [0.05, 0.1) is 0 Å². The van der Waals surface area contributed by atoms with E-state index in [1.807, 2.05) is 19.4 Å². The molecule has 2 aromatic rings. The third-order valence-corrected chi connectivity index (χ3v) is 4.80. The minimum atomic E-state index is 0.678. The first-order valence-corrected chi connectivity index (χ1v) is 9.22. The fourth-order valence-electron chi connectivity index (χ4n) is 2.83. The molecule has 3 rings (SSSR count). The first kappa shape index (κ1) is 16.1. The fourth-order valence-corrected chi connectivity index (χ4v) is 3.38. The number of rotatable bonds is 5. The summed E-state index contributed by atoms with van der Waals surface area (Å²) < 4.78 is 0. The van der Waals surface area contributed by atoms with Gasteiger partial charge in [-0.15, -0.1) is 11.8 Å². The van der Waals surface area contributed by atoms with Gasteiger partial charge in [-0.1, -0.05) is 0 Å². The van der Waals surface area contributed by atoms with E-state index in [1.165, 1.54) is 18.4 Å². The average molecular weight is 329 g/mol. The predicted octanol–water partition coefficient (Wildman–Crippen LogP) is 3.42. The molecule has 1 aliphatic heterocycles. The number of nitrogens with one attached hydrogen (secondary N) is 1. The number of nitrogens with zero attached hydrogens (tertiary/aromatic N) is 4. The fraction of sp³-hybridized carbons (Fsp3) is 0.471. The van der Waals surface area contributed by atoms with Crippen LogP contribution in [0, 0.1) is 13.8 Å². The molecule has 1 saturated heterocycles. The lowest BCUT2D eigenvalue weighted by atomic mass is 10.2. The molecular weight excluding hydrogens is 306 g/mol. The van der Waals surface area contributed by atoms with Gasteiger partial charge in [-0.3, -0.25) is 0 Å². The second-order valence-electron chi connectivity index (χ2n) is 5.91. The number of thioether (sulfide) groups is 1. The number of hydrogen-bond donors (Lipinski definition) is 1. The molecule has 1 fully saturated rings. The predicted molar refractivity (Wildman–Crippen MR) is 96.3 cm³/mol. The molecule has 1 aliphatic rings. The summed E-state index contributed by atoms with van der Waals surface area (Å²) in [7, 11) is 0. The van der Waals surface area contributed by atoms with Gasteiger partial charge < -0.3 is 10.2 Å². The summed E-state index contributed by atoms with van der Waals surface area (Å²) >= 11 is 1.65. The Labute approximate surface area is 141 Å². The number of aryl methyl sites for hydroxylation is 2. The molecule has 0 radical (unpaired) electrons. The summed E-state index contributed by atoms with van der Waals surface area (Å²) in [4.78, 5) is 15.9. The largest absolute Gasteiger partial charge is 0.357 e. The van der Waals surface area contributed by atoms with Crippen LogP contribution in [0.5, 0.6) is 0 Å². The van der Waals surface area contributed by atoms with Crippen molar-refractivity contribution in [3.05, 3.63) is 35.2 Å². The van der Waals surface area contributed by atoms with Crippen LogP contribution < -0.4 is 10.2 Å². The van der Waals surface area contributed by atoms with Gasteiger partial charge in [0.2, 0.25) is 5.95 Å². The SMILES string of the molecule is CSc1nc(NCc2cc(C)nc(N3CCCC3)c2)ncc1C. The van der Waals surface area contributed by atoms with Crippen LogP contribution in [-0.4, -0.2) is 34.3 Å². The first-order chi connectivity index (χ1) is 11.2. The quantitative estimate of drug-likeness (QED) is 0.670. The monoisotopic (exact) mass is 329 g/mol. The van der Waals surface area contributed by atoms with E-state index >= 15 is 0 Å². The highest BCUT2D eigenvalue weighted by Gasteiger charge is 2.14. The Hall–Kier alpha value is -1.82. The van der Waals surface area contributed by atoms with Crippen molar-refractivity contribution in [2.45, 2.75) is 38.3 Å². The highest BCUT2D eigenvalue weighted by Crippen LogP contribution is 2.21. The highest BCUT2D eigenvalue weighted by molar-refractivity contribution is 7.98. The summed E-state index contributed by atoms with van der Waals surface area (Å²) in [6, 6.07) is 4.30. The molecule has 3 heterocycles. The highest BCUT2D eigenvalue weighted by atomic mass is 32.2. The Bertz CT molecular complexity index is 683. The number of aromatic nitrogens is 3. The molecule has 0 amide bonds. The molecule has 0 spiro atoms. The van der Waals surface area contributed by atoms with E-state index < -0.39 is 0 Å². The van der Waals surface area contributed by atoms with Gasteiger partial charge in [0, 0.05) is 31.5 Å². The van der Waals surface area contributed by atoms with Gasteiger partial charge in [-0.05, 0) is 56.2 Å². The average Bonchev–Trinajstić information content (AvgIpc) is 3.08. The van der Waals surface area contributed by atoms with Crippen LogP contribution in [0.15, 0.2) is 23.4 Å². The van der Waals surface area contributed by atoms with Crippen molar-refractivity contribution in [1.29, 1.82) is 0 Å². The summed E-state index contributed by atoms with van der Waals surface area (Å²) in [6.45, 7) is 7.02. The van der Waals surface area contributed by atoms with Crippen molar-refractivity contribution < 1.29 is 0 Å². The third-order valence-electron chi connectivity index (χ3n) is 4.00. The maximum absolute atomic E-state index is 4.67. The van der Waals surface area contributed by atoms with Crippen LogP contribution in [-0.2, 0) is 6.54 Å². The summed E-state index contributed by atoms with van der Waals surface area (Å²) in [6.07, 6.45) is 6.43. The lowest BCUT2D eigenvalue weighted by Gasteiger charge is -2.18. The van der Waals surface area contributed by atoms with Gasteiger partial charge >= 0.3 is 0 Å². The van der Waals surface area contributed by atoms with Gasteiger partial charge in [-0.2, -0.15) is 0 Å². The molecule has 0 aromatic carbocycles. The van der Waals surface area contributed by atoms with E-state index in [0.29, 0.717) is 12.5 Å². The van der Waals surface area contributed by atoms with E-state index in [4.69, 9.17) is 0 Å². The van der Waals surface area contributed by atoms with Crippen molar-refractivity contribution in [2.75, 3.05) is 29.6 Å². The second kappa shape index (κ2) is 7.17. The van der Waals surface area contributed by atoms with E-state index in [0.717, 1.165) is 35.2 Å². The van der Waals surface area contributed by atoms with Gasteiger partial charge in [0.25, 0.3) is 0 Å². The van der Waals surface area contributed by atoms with Crippen LogP contribution >= 0.6 is 11.8 Å². The Balaban J connectivity index is 1.72. The van der Waals surface area contributed by atoms with Gasteiger partial charge in [0.15, 0.2) is 0 Å². The van der Waals surface area contributed by atoms with Crippen molar-refractivity contribution in [2.24, 2.45) is 0 Å². The summed E-state index contributed by atoms with van der Waals surface area (Å²) in [5.41, 5.74) is 3.38. The molecule has 23 heavy (non-hydrogen) atoms. The Kier molecular flexibility index (Phi) is 5.00. The molecule has 0 aliphatic carbocycles. The smallest absolute Gasteiger partial charge is 0.223 e. The molecule has 2 aromatic heterocycles. The maximum atomic E-state index is 4.67. The standard InChI is InChI=1S/C17H23N5S/c1-12-10-18-17(21-16(12)23-3)19-11-14-8-13(2)20-15(9-14)22-6-4-5-7-22/h8-10H,4-7,11H2,1-3H3,(H,18,19,21). The molecule has 6 heteroatoms. The van der Waals surface area contributed by atoms with E-state index in [2.05, 4.69) is 44.2 Å². The van der Waals surface area contributed by atoms with Crippen LogP contribution in [0.3, 0.4) is 0 Å². The van der Waals surface area contributed by atoms with Crippen molar-refractivity contribution >= 4 is 23.5 Å².